The quantitative estimate of drug-likeness (QED) is 0.165. The number of rotatable bonds is 6. The maximum Gasteiger partial charge on any atom is 0.343 e. The number of hydrogen-bond donors (Lipinski definition) is 5. The van der Waals surface area contributed by atoms with Gasteiger partial charge in [-0.3, -0.25) is 15.0 Å². The molecule has 2 rings (SSSR count). The Morgan fingerprint density at radius 1 is 1.07 bits per heavy atom. The van der Waals surface area contributed by atoms with Gasteiger partial charge in [-0.15, -0.1) is 0 Å². The second-order valence-corrected chi connectivity index (χ2v) is 6.04. The molecule has 1 unspecified atom stereocenters. The van der Waals surface area contributed by atoms with Crippen LogP contribution in [0.3, 0.4) is 0 Å². The summed E-state index contributed by atoms with van der Waals surface area (Å²) in [5.41, 5.74) is 4.54. The van der Waals surface area contributed by atoms with E-state index in [1.54, 1.807) is 12.1 Å². The number of nitrogens with two attached hydrogens (primary N) is 1. The minimum absolute atomic E-state index is 0.198. The molecule has 0 bridgehead atoms. The van der Waals surface area contributed by atoms with Gasteiger partial charge in [0.1, 0.15) is 5.75 Å². The van der Waals surface area contributed by atoms with Crippen molar-refractivity contribution in [1.82, 2.24) is 5.32 Å². The zero-order valence-electron chi connectivity index (χ0n) is 15.3. The number of esters is 1. The molecule has 146 valence electrons. The number of carbonyl (C=O) groups excluding carboxylic acids is 2. The molecule has 9 heteroatoms. The zero-order chi connectivity index (χ0) is 20.9. The van der Waals surface area contributed by atoms with Crippen LogP contribution in [0.15, 0.2) is 48.5 Å². The second kappa shape index (κ2) is 8.21. The van der Waals surface area contributed by atoms with Crippen molar-refractivity contribution in [2.24, 2.45) is 5.73 Å². The van der Waals surface area contributed by atoms with Crippen LogP contribution in [0.2, 0.25) is 0 Å². The highest BCUT2D eigenvalue weighted by Crippen LogP contribution is 2.27. The summed E-state index contributed by atoms with van der Waals surface area (Å²) >= 11 is 0. The van der Waals surface area contributed by atoms with Gasteiger partial charge in [0.15, 0.2) is 11.4 Å². The molecule has 0 aliphatic carbocycles. The molecule has 6 N–H and O–H groups in total. The van der Waals surface area contributed by atoms with Crippen molar-refractivity contribution in [3.63, 3.8) is 0 Å². The van der Waals surface area contributed by atoms with E-state index >= 15 is 0 Å². The average molecular weight is 384 g/mol. The van der Waals surface area contributed by atoms with Crippen molar-refractivity contribution in [1.29, 1.82) is 5.41 Å². The van der Waals surface area contributed by atoms with E-state index in [1.165, 1.54) is 50.4 Å². The van der Waals surface area contributed by atoms with E-state index in [4.69, 9.17) is 15.9 Å². The topological polar surface area (TPSA) is 155 Å². The van der Waals surface area contributed by atoms with Gasteiger partial charge in [-0.1, -0.05) is 12.1 Å². The highest BCUT2D eigenvalue weighted by molar-refractivity contribution is 6.07. The summed E-state index contributed by atoms with van der Waals surface area (Å²) in [6.45, 7) is 1.30. The number of hydrogen-bond acceptors (Lipinski definition) is 5. The van der Waals surface area contributed by atoms with Gasteiger partial charge in [-0.25, -0.2) is 4.79 Å². The molecule has 2 aromatic rings. The summed E-state index contributed by atoms with van der Waals surface area (Å²) in [7, 11) is 1.36. The number of ether oxygens (including phenoxy) is 1. The number of anilines is 1. The fourth-order valence-electron chi connectivity index (χ4n) is 2.47. The summed E-state index contributed by atoms with van der Waals surface area (Å²) in [5, 5.41) is 21.5. The molecule has 0 spiro atoms. The molecule has 0 saturated carbocycles. The first-order valence-corrected chi connectivity index (χ1v) is 8.18. The van der Waals surface area contributed by atoms with Crippen molar-refractivity contribution in [2.45, 2.75) is 12.3 Å². The highest BCUT2D eigenvalue weighted by atomic mass is 16.5. The Labute approximate surface area is 161 Å². The summed E-state index contributed by atoms with van der Waals surface area (Å²) in [5.74, 6) is -2.60. The molecule has 1 amide bonds. The van der Waals surface area contributed by atoms with Gasteiger partial charge in [0.25, 0.3) is 0 Å². The van der Waals surface area contributed by atoms with Crippen LogP contribution in [0.1, 0.15) is 22.8 Å². The predicted molar refractivity (Wildman–Crippen MR) is 102 cm³/mol. The number of guanidine groups is 1. The third-order valence-electron chi connectivity index (χ3n) is 4.15. The van der Waals surface area contributed by atoms with Crippen LogP contribution in [-0.2, 0) is 15.0 Å². The molecule has 28 heavy (non-hydrogen) atoms. The molecule has 0 aliphatic rings. The number of amides is 1. The molecule has 0 saturated heterocycles. The van der Waals surface area contributed by atoms with E-state index in [0.717, 1.165) is 0 Å². The van der Waals surface area contributed by atoms with Crippen molar-refractivity contribution in [3.8, 4) is 5.75 Å². The lowest BCUT2D eigenvalue weighted by atomic mass is 9.81. The summed E-state index contributed by atoms with van der Waals surface area (Å²) in [4.78, 5) is 35.8. The van der Waals surface area contributed by atoms with E-state index < -0.39 is 23.3 Å². The number of aliphatic carboxylic acids is 1. The van der Waals surface area contributed by atoms with E-state index in [0.29, 0.717) is 5.69 Å². The van der Waals surface area contributed by atoms with Crippen molar-refractivity contribution in [2.75, 3.05) is 12.4 Å². The van der Waals surface area contributed by atoms with Gasteiger partial charge in [0, 0.05) is 12.7 Å². The minimum atomic E-state index is -1.77. The van der Waals surface area contributed by atoms with Gasteiger partial charge in [-0.05, 0) is 48.9 Å². The van der Waals surface area contributed by atoms with E-state index in [-0.39, 0.29) is 22.8 Å². The fourth-order valence-corrected chi connectivity index (χ4v) is 2.47. The van der Waals surface area contributed by atoms with Crippen molar-refractivity contribution in [3.05, 3.63) is 59.7 Å². The van der Waals surface area contributed by atoms with Crippen LogP contribution in [0.4, 0.5) is 5.69 Å². The SMILES string of the molecule is CNC(=O)C(C)(C(=O)O)c1ccc(OC(=O)c2ccc(NC(=N)N)cc2)cc1. The molecule has 0 radical (unpaired) electrons. The molecule has 2 aromatic carbocycles. The smallest absolute Gasteiger partial charge is 0.343 e. The lowest BCUT2D eigenvalue weighted by molar-refractivity contribution is -0.148. The van der Waals surface area contributed by atoms with E-state index in [9.17, 15) is 19.5 Å². The second-order valence-electron chi connectivity index (χ2n) is 6.04. The Morgan fingerprint density at radius 2 is 1.64 bits per heavy atom. The third kappa shape index (κ3) is 4.26. The van der Waals surface area contributed by atoms with Gasteiger partial charge in [-0.2, -0.15) is 0 Å². The first kappa shape index (κ1) is 20.4. The lowest BCUT2D eigenvalue weighted by Crippen LogP contribution is -2.46. The van der Waals surface area contributed by atoms with Gasteiger partial charge < -0.3 is 26.2 Å². The fraction of sp³-hybridized carbons (Fsp3) is 0.158. The summed E-state index contributed by atoms with van der Waals surface area (Å²) in [6.07, 6.45) is 0. The van der Waals surface area contributed by atoms with Crippen LogP contribution in [0.25, 0.3) is 0 Å². The molecule has 0 aliphatic heterocycles. The average Bonchev–Trinajstić information content (AvgIpc) is 2.67. The van der Waals surface area contributed by atoms with Crippen LogP contribution in [0, 0.1) is 5.41 Å². The maximum atomic E-state index is 12.2. The lowest BCUT2D eigenvalue weighted by Gasteiger charge is -2.23. The first-order valence-electron chi connectivity index (χ1n) is 8.18. The number of nitrogens with one attached hydrogen (secondary N) is 3. The number of benzene rings is 2. The van der Waals surface area contributed by atoms with Crippen LogP contribution < -0.4 is 21.1 Å². The predicted octanol–water partition coefficient (Wildman–Crippen LogP) is 1.30. The number of likely N-dealkylation sites (N-methyl/N-ethyl adjacent to an activating group) is 1. The van der Waals surface area contributed by atoms with Crippen LogP contribution in [-0.4, -0.2) is 36.0 Å². The Bertz CT molecular complexity index is 909. The molecular formula is C19H20N4O5. The summed E-state index contributed by atoms with van der Waals surface area (Å²) in [6, 6.07) is 11.8. The van der Waals surface area contributed by atoms with Gasteiger partial charge >= 0.3 is 11.9 Å². The molecule has 0 aromatic heterocycles. The highest BCUT2D eigenvalue weighted by Gasteiger charge is 2.42. The molecule has 9 nitrogen and oxygen atoms in total. The van der Waals surface area contributed by atoms with Crippen molar-refractivity contribution >= 4 is 29.5 Å². The molecule has 0 fully saturated rings. The Balaban J connectivity index is 2.15. The number of carboxylic acid groups (broad SMARTS) is 1. The Hall–Kier alpha value is -3.88. The molecule has 1 atom stereocenters. The normalized spacial score (nSPS) is 12.4. The number of carbonyl (C=O) groups is 3. The van der Waals surface area contributed by atoms with E-state index in [1.807, 2.05) is 0 Å². The van der Waals surface area contributed by atoms with Crippen LogP contribution in [0.5, 0.6) is 5.75 Å². The largest absolute Gasteiger partial charge is 0.480 e. The minimum Gasteiger partial charge on any atom is -0.480 e. The summed E-state index contributed by atoms with van der Waals surface area (Å²) < 4.78 is 5.26. The maximum absolute atomic E-state index is 12.2. The first-order chi connectivity index (χ1) is 13.2. The van der Waals surface area contributed by atoms with Crippen LogP contribution >= 0.6 is 0 Å². The number of carboxylic acids is 1. The van der Waals surface area contributed by atoms with Gasteiger partial charge in [0.05, 0.1) is 5.56 Å². The molecular weight excluding hydrogens is 364 g/mol. The van der Waals surface area contributed by atoms with Gasteiger partial charge in [0.2, 0.25) is 5.91 Å². The Kier molecular flexibility index (Phi) is 5.99. The monoisotopic (exact) mass is 384 g/mol. The molecule has 0 heterocycles. The zero-order valence-corrected chi connectivity index (χ0v) is 15.3. The van der Waals surface area contributed by atoms with Crippen molar-refractivity contribution < 1.29 is 24.2 Å². The standard InChI is InChI=1S/C19H20N4O5/c1-19(17(26)27,16(25)22-2)12-5-9-14(10-6-12)28-15(24)11-3-7-13(8-4-11)23-18(20)21/h3-10H,1-2H3,(H,22,25)(H,26,27)(H4,20,21,23). The third-order valence-corrected chi connectivity index (χ3v) is 4.15. The van der Waals surface area contributed by atoms with E-state index in [2.05, 4.69) is 10.6 Å². The Morgan fingerprint density at radius 3 is 2.11 bits per heavy atom.